The molecule has 1 aliphatic rings. The van der Waals surface area contributed by atoms with Crippen molar-refractivity contribution in [3.05, 3.63) is 47.8 Å². The van der Waals surface area contributed by atoms with Gasteiger partial charge in [-0.15, -0.1) is 0 Å². The maximum Gasteiger partial charge on any atom is 0.251 e. The molecule has 0 saturated carbocycles. The van der Waals surface area contributed by atoms with Gasteiger partial charge in [0.05, 0.1) is 27.4 Å². The van der Waals surface area contributed by atoms with Crippen molar-refractivity contribution in [2.75, 3.05) is 32.8 Å². The van der Waals surface area contributed by atoms with Gasteiger partial charge in [-0.3, -0.25) is 9.59 Å². The van der Waals surface area contributed by atoms with E-state index >= 15 is 0 Å². The highest BCUT2D eigenvalue weighted by molar-refractivity contribution is 5.99. The van der Waals surface area contributed by atoms with E-state index < -0.39 is 11.9 Å². The Hall–Kier alpha value is -3.29. The normalized spacial score (nSPS) is 16.1. The van der Waals surface area contributed by atoms with Gasteiger partial charge in [0, 0.05) is 24.2 Å². The summed E-state index contributed by atoms with van der Waals surface area (Å²) in [5.74, 6) is 0.121. The molecule has 0 aliphatic carbocycles. The molecule has 0 radical (unpaired) electrons. The van der Waals surface area contributed by atoms with Crippen LogP contribution in [0.5, 0.6) is 17.2 Å². The third kappa shape index (κ3) is 3.85. The van der Waals surface area contributed by atoms with Gasteiger partial charge < -0.3 is 24.4 Å². The van der Waals surface area contributed by atoms with E-state index in [2.05, 4.69) is 5.32 Å². The van der Waals surface area contributed by atoms with Gasteiger partial charge in [-0.2, -0.15) is 0 Å². The van der Waals surface area contributed by atoms with Gasteiger partial charge >= 0.3 is 0 Å². The number of methoxy groups -OCH3 is 3. The van der Waals surface area contributed by atoms with Crippen molar-refractivity contribution in [2.24, 2.45) is 0 Å². The predicted molar refractivity (Wildman–Crippen MR) is 101 cm³/mol. The van der Waals surface area contributed by atoms with Crippen molar-refractivity contribution < 1.29 is 28.2 Å². The van der Waals surface area contributed by atoms with Crippen molar-refractivity contribution in [3.63, 3.8) is 0 Å². The second-order valence-electron chi connectivity index (χ2n) is 6.27. The minimum atomic E-state index is -0.421. The van der Waals surface area contributed by atoms with Crippen LogP contribution in [0.3, 0.4) is 0 Å². The zero-order chi connectivity index (χ0) is 20.3. The van der Waals surface area contributed by atoms with Gasteiger partial charge in [-0.1, -0.05) is 6.07 Å². The van der Waals surface area contributed by atoms with Crippen LogP contribution in [0, 0.1) is 5.82 Å². The maximum atomic E-state index is 13.4. The highest BCUT2D eigenvalue weighted by Gasteiger charge is 2.32. The number of anilines is 1. The Bertz CT molecular complexity index is 877. The monoisotopic (exact) mass is 388 g/mol. The fourth-order valence-corrected chi connectivity index (χ4v) is 3.18. The van der Waals surface area contributed by atoms with Gasteiger partial charge in [0.1, 0.15) is 5.82 Å². The summed E-state index contributed by atoms with van der Waals surface area (Å²) < 4.78 is 29.2. The number of rotatable bonds is 6. The first-order valence-corrected chi connectivity index (χ1v) is 8.63. The van der Waals surface area contributed by atoms with Crippen LogP contribution >= 0.6 is 0 Å². The van der Waals surface area contributed by atoms with E-state index in [-0.39, 0.29) is 24.8 Å². The van der Waals surface area contributed by atoms with Crippen LogP contribution < -0.4 is 24.4 Å². The minimum Gasteiger partial charge on any atom is -0.493 e. The van der Waals surface area contributed by atoms with E-state index in [1.54, 1.807) is 12.1 Å². The molecule has 8 heteroatoms. The molecule has 1 fully saturated rings. The Morgan fingerprint density at radius 1 is 1.11 bits per heavy atom. The molecule has 2 aromatic rings. The van der Waals surface area contributed by atoms with Crippen LogP contribution in [-0.2, 0) is 4.79 Å². The molecule has 7 nitrogen and oxygen atoms in total. The summed E-state index contributed by atoms with van der Waals surface area (Å²) in [5.41, 5.74) is 0.778. The molecule has 1 heterocycles. The lowest BCUT2D eigenvalue weighted by atomic mass is 10.1. The number of hydrogen-bond donors (Lipinski definition) is 1. The molecule has 28 heavy (non-hydrogen) atoms. The zero-order valence-corrected chi connectivity index (χ0v) is 15.8. The predicted octanol–water partition coefficient (Wildman–Crippen LogP) is 2.39. The lowest BCUT2D eigenvalue weighted by molar-refractivity contribution is -0.117. The second-order valence-corrected chi connectivity index (χ2v) is 6.27. The van der Waals surface area contributed by atoms with E-state index in [9.17, 15) is 14.0 Å². The van der Waals surface area contributed by atoms with Gasteiger partial charge in [0.15, 0.2) is 11.5 Å². The zero-order valence-electron chi connectivity index (χ0n) is 15.8. The van der Waals surface area contributed by atoms with Gasteiger partial charge in [0.25, 0.3) is 5.91 Å². The third-order valence-corrected chi connectivity index (χ3v) is 4.51. The Balaban J connectivity index is 1.76. The standard InChI is InChI=1S/C20H21FN2O5/c1-26-16-7-12(8-17(27-2)19(16)28-3)20(25)22-14-10-18(24)23(11-14)15-6-4-5-13(21)9-15/h4-9,14H,10-11H2,1-3H3,(H,22,25)/t14-/m0/s1. The molecule has 0 spiro atoms. The summed E-state index contributed by atoms with van der Waals surface area (Å²) in [5, 5.41) is 2.83. The Kier molecular flexibility index (Phi) is 5.67. The average Bonchev–Trinajstić information content (AvgIpc) is 3.06. The second kappa shape index (κ2) is 8.16. The molecule has 2 aromatic carbocycles. The highest BCUT2D eigenvalue weighted by Crippen LogP contribution is 2.38. The van der Waals surface area contributed by atoms with E-state index in [0.717, 1.165) is 0 Å². The number of carbonyl (C=O) groups excluding carboxylic acids is 2. The van der Waals surface area contributed by atoms with Crippen LogP contribution in [0.25, 0.3) is 0 Å². The van der Waals surface area contributed by atoms with Crippen LogP contribution in [0.1, 0.15) is 16.8 Å². The van der Waals surface area contributed by atoms with Crippen molar-refractivity contribution in [2.45, 2.75) is 12.5 Å². The van der Waals surface area contributed by atoms with E-state index in [0.29, 0.717) is 28.5 Å². The topological polar surface area (TPSA) is 77.1 Å². The SMILES string of the molecule is COc1cc(C(=O)N[C@H]2CC(=O)N(c3cccc(F)c3)C2)cc(OC)c1OC. The van der Waals surface area contributed by atoms with Crippen LogP contribution in [0.2, 0.25) is 0 Å². The third-order valence-electron chi connectivity index (χ3n) is 4.51. The first-order valence-electron chi connectivity index (χ1n) is 8.63. The summed E-state index contributed by atoms with van der Waals surface area (Å²) in [7, 11) is 4.40. The molecule has 1 atom stereocenters. The van der Waals surface area contributed by atoms with Crippen molar-refractivity contribution in [3.8, 4) is 17.2 Å². The summed E-state index contributed by atoms with van der Waals surface area (Å²) in [4.78, 5) is 26.4. The summed E-state index contributed by atoms with van der Waals surface area (Å²) >= 11 is 0. The average molecular weight is 388 g/mol. The summed E-state index contributed by atoms with van der Waals surface area (Å²) in [6.45, 7) is 0.262. The molecule has 0 bridgehead atoms. The molecule has 2 amide bonds. The molecule has 3 rings (SSSR count). The molecule has 148 valence electrons. The lowest BCUT2D eigenvalue weighted by Crippen LogP contribution is -2.37. The summed E-state index contributed by atoms with van der Waals surface area (Å²) in [6, 6.07) is 8.48. The number of nitrogens with one attached hydrogen (secondary N) is 1. The quantitative estimate of drug-likeness (QED) is 0.822. The van der Waals surface area contributed by atoms with E-state index in [1.807, 2.05) is 0 Å². The van der Waals surface area contributed by atoms with Crippen LogP contribution in [-0.4, -0.2) is 45.7 Å². The van der Waals surface area contributed by atoms with Gasteiger partial charge in [0.2, 0.25) is 11.7 Å². The highest BCUT2D eigenvalue weighted by atomic mass is 19.1. The molecule has 1 saturated heterocycles. The lowest BCUT2D eigenvalue weighted by Gasteiger charge is -2.18. The number of nitrogens with zero attached hydrogens (tertiary/aromatic N) is 1. The number of amides is 2. The van der Waals surface area contributed by atoms with Crippen LogP contribution in [0.4, 0.5) is 10.1 Å². The van der Waals surface area contributed by atoms with Gasteiger partial charge in [-0.05, 0) is 30.3 Å². The molecule has 1 N–H and O–H groups in total. The number of benzene rings is 2. The number of halogens is 1. The largest absolute Gasteiger partial charge is 0.493 e. The fraction of sp³-hybridized carbons (Fsp3) is 0.300. The molecule has 0 unspecified atom stereocenters. The summed E-state index contributed by atoms with van der Waals surface area (Å²) in [6.07, 6.45) is 0.132. The molecule has 1 aliphatic heterocycles. The first kappa shape index (κ1) is 19.5. The smallest absolute Gasteiger partial charge is 0.251 e. The van der Waals surface area contributed by atoms with E-state index in [1.165, 1.54) is 50.5 Å². The number of ether oxygens (including phenoxy) is 3. The Morgan fingerprint density at radius 3 is 2.36 bits per heavy atom. The van der Waals surface area contributed by atoms with Gasteiger partial charge in [-0.25, -0.2) is 4.39 Å². The minimum absolute atomic E-state index is 0.132. The Labute approximate surface area is 162 Å². The number of carbonyl (C=O) groups is 2. The number of hydrogen-bond acceptors (Lipinski definition) is 5. The first-order chi connectivity index (χ1) is 13.5. The maximum absolute atomic E-state index is 13.4. The van der Waals surface area contributed by atoms with E-state index in [4.69, 9.17) is 14.2 Å². The van der Waals surface area contributed by atoms with Crippen molar-refractivity contribution in [1.29, 1.82) is 0 Å². The van der Waals surface area contributed by atoms with Crippen molar-refractivity contribution >= 4 is 17.5 Å². The fourth-order valence-electron chi connectivity index (χ4n) is 3.18. The molecular formula is C20H21FN2O5. The van der Waals surface area contributed by atoms with Crippen molar-refractivity contribution in [1.82, 2.24) is 5.32 Å². The molecular weight excluding hydrogens is 367 g/mol. The molecule has 0 aromatic heterocycles. The van der Waals surface area contributed by atoms with Crippen LogP contribution in [0.15, 0.2) is 36.4 Å². The Morgan fingerprint density at radius 2 is 1.79 bits per heavy atom.